The van der Waals surface area contributed by atoms with Gasteiger partial charge in [-0.25, -0.2) is 13.8 Å². The Morgan fingerprint density at radius 3 is 2.65 bits per heavy atom. The van der Waals surface area contributed by atoms with Crippen molar-refractivity contribution in [3.8, 4) is 16.9 Å². The van der Waals surface area contributed by atoms with Crippen LogP contribution in [-0.2, 0) is 4.79 Å². The maximum Gasteiger partial charge on any atom is 0.303 e. The van der Waals surface area contributed by atoms with Gasteiger partial charge in [-0.1, -0.05) is 12.5 Å². The zero-order valence-electron chi connectivity index (χ0n) is 14.1. The number of carbonyl (C=O) groups is 1. The SMILES string of the molecule is O=C(O)CCCOc1c(F)cc(-c2cccnc2SC2CCC2)cc1F. The molecule has 1 saturated carbocycles. The van der Waals surface area contributed by atoms with E-state index in [0.717, 1.165) is 17.9 Å². The number of aliphatic carboxylic acids is 1. The number of hydrogen-bond donors (Lipinski definition) is 1. The van der Waals surface area contributed by atoms with Crippen LogP contribution < -0.4 is 4.74 Å². The predicted molar refractivity (Wildman–Crippen MR) is 95.4 cm³/mol. The summed E-state index contributed by atoms with van der Waals surface area (Å²) in [5, 5.41) is 9.86. The minimum absolute atomic E-state index is 0.0604. The zero-order chi connectivity index (χ0) is 18.5. The molecule has 1 fully saturated rings. The van der Waals surface area contributed by atoms with E-state index in [1.165, 1.54) is 18.6 Å². The van der Waals surface area contributed by atoms with Gasteiger partial charge in [0.25, 0.3) is 0 Å². The van der Waals surface area contributed by atoms with E-state index in [1.807, 2.05) is 0 Å². The third kappa shape index (κ3) is 4.52. The van der Waals surface area contributed by atoms with Crippen molar-refractivity contribution in [2.24, 2.45) is 0 Å². The molecule has 1 heterocycles. The van der Waals surface area contributed by atoms with Crippen LogP contribution in [-0.4, -0.2) is 27.9 Å². The molecule has 0 saturated heterocycles. The van der Waals surface area contributed by atoms with Gasteiger partial charge >= 0.3 is 5.97 Å². The van der Waals surface area contributed by atoms with Crippen LogP contribution in [0.1, 0.15) is 32.1 Å². The van der Waals surface area contributed by atoms with Crippen LogP contribution in [0.4, 0.5) is 8.78 Å². The van der Waals surface area contributed by atoms with E-state index in [0.29, 0.717) is 16.4 Å². The summed E-state index contributed by atoms with van der Waals surface area (Å²) < 4.78 is 33.8. The van der Waals surface area contributed by atoms with E-state index < -0.39 is 23.4 Å². The summed E-state index contributed by atoms with van der Waals surface area (Å²) >= 11 is 1.64. The van der Waals surface area contributed by atoms with Crippen LogP contribution in [0.25, 0.3) is 11.1 Å². The van der Waals surface area contributed by atoms with Crippen LogP contribution in [0.5, 0.6) is 5.75 Å². The van der Waals surface area contributed by atoms with Crippen LogP contribution in [0.15, 0.2) is 35.5 Å². The summed E-state index contributed by atoms with van der Waals surface area (Å²) in [6.07, 6.45) is 5.21. The smallest absolute Gasteiger partial charge is 0.303 e. The molecule has 26 heavy (non-hydrogen) atoms. The average Bonchev–Trinajstić information content (AvgIpc) is 2.56. The molecule has 0 spiro atoms. The highest BCUT2D eigenvalue weighted by molar-refractivity contribution is 8.00. The molecule has 138 valence electrons. The van der Waals surface area contributed by atoms with Crippen molar-refractivity contribution in [3.63, 3.8) is 0 Å². The van der Waals surface area contributed by atoms with Crippen LogP contribution in [0.2, 0.25) is 0 Å². The van der Waals surface area contributed by atoms with E-state index in [9.17, 15) is 13.6 Å². The molecular formula is C19H19F2NO3S. The Balaban J connectivity index is 1.78. The second-order valence-corrected chi connectivity index (χ2v) is 7.43. The highest BCUT2D eigenvalue weighted by Crippen LogP contribution is 2.40. The number of carboxylic acid groups (broad SMARTS) is 1. The molecule has 1 aromatic heterocycles. The van der Waals surface area contributed by atoms with Crippen LogP contribution in [0.3, 0.4) is 0 Å². The van der Waals surface area contributed by atoms with Gasteiger partial charge in [0.15, 0.2) is 17.4 Å². The van der Waals surface area contributed by atoms with Gasteiger partial charge in [0.1, 0.15) is 5.03 Å². The number of thioether (sulfide) groups is 1. The van der Waals surface area contributed by atoms with Crippen molar-refractivity contribution in [2.45, 2.75) is 42.4 Å². The molecule has 1 aliphatic carbocycles. The molecule has 2 aromatic rings. The standard InChI is InChI=1S/C19H19F2NO3S/c20-15-10-12(11-16(21)18(15)25-9-3-7-17(23)24)14-6-2-8-22-19(14)26-13-4-1-5-13/h2,6,8,10-11,13H,1,3-5,7,9H2,(H,23,24). The Hall–Kier alpha value is -2.15. The molecule has 1 aromatic carbocycles. The summed E-state index contributed by atoms with van der Waals surface area (Å²) in [6.45, 7) is -0.0604. The topological polar surface area (TPSA) is 59.4 Å². The minimum atomic E-state index is -0.974. The second-order valence-electron chi connectivity index (χ2n) is 6.14. The van der Waals surface area contributed by atoms with Gasteiger partial charge in [0.2, 0.25) is 0 Å². The van der Waals surface area contributed by atoms with Gasteiger partial charge in [0, 0.05) is 23.4 Å². The number of nitrogens with zero attached hydrogens (tertiary/aromatic N) is 1. The third-order valence-electron chi connectivity index (χ3n) is 4.19. The largest absolute Gasteiger partial charge is 0.488 e. The normalized spacial score (nSPS) is 14.1. The fourth-order valence-electron chi connectivity index (χ4n) is 2.60. The molecule has 4 nitrogen and oxygen atoms in total. The summed E-state index contributed by atoms with van der Waals surface area (Å²) in [7, 11) is 0. The first-order chi connectivity index (χ1) is 12.5. The van der Waals surface area contributed by atoms with Gasteiger partial charge in [-0.15, -0.1) is 11.8 Å². The third-order valence-corrected chi connectivity index (χ3v) is 5.55. The highest BCUT2D eigenvalue weighted by Gasteiger charge is 2.22. The minimum Gasteiger partial charge on any atom is -0.488 e. The lowest BCUT2D eigenvalue weighted by atomic mass is 10.00. The van der Waals surface area contributed by atoms with E-state index in [4.69, 9.17) is 9.84 Å². The van der Waals surface area contributed by atoms with Gasteiger partial charge in [-0.05, 0) is 43.0 Å². The first-order valence-corrected chi connectivity index (χ1v) is 9.38. The summed E-state index contributed by atoms with van der Waals surface area (Å²) in [5.41, 5.74) is 1.10. The van der Waals surface area contributed by atoms with Gasteiger partial charge in [0.05, 0.1) is 6.61 Å². The highest BCUT2D eigenvalue weighted by atomic mass is 32.2. The Labute approximate surface area is 154 Å². The van der Waals surface area contributed by atoms with Crippen molar-refractivity contribution in [3.05, 3.63) is 42.1 Å². The second kappa shape index (κ2) is 8.49. The van der Waals surface area contributed by atoms with Crippen LogP contribution in [0, 0.1) is 11.6 Å². The maximum absolute atomic E-state index is 14.3. The maximum atomic E-state index is 14.3. The Bertz CT molecular complexity index is 773. The lowest BCUT2D eigenvalue weighted by Crippen LogP contribution is -2.13. The van der Waals surface area contributed by atoms with Gasteiger partial charge in [-0.3, -0.25) is 4.79 Å². The number of carboxylic acids is 1. The molecule has 0 amide bonds. The Morgan fingerprint density at radius 1 is 1.31 bits per heavy atom. The Morgan fingerprint density at radius 2 is 2.04 bits per heavy atom. The summed E-state index contributed by atoms with van der Waals surface area (Å²) in [6, 6.07) is 6.01. The number of halogens is 2. The van der Waals surface area contributed by atoms with Crippen molar-refractivity contribution < 1.29 is 23.4 Å². The van der Waals surface area contributed by atoms with E-state index >= 15 is 0 Å². The molecule has 0 atom stereocenters. The lowest BCUT2D eigenvalue weighted by Gasteiger charge is -2.25. The van der Waals surface area contributed by atoms with Crippen molar-refractivity contribution in [1.82, 2.24) is 4.98 Å². The number of rotatable bonds is 8. The molecule has 0 radical (unpaired) electrons. The lowest BCUT2D eigenvalue weighted by molar-refractivity contribution is -0.137. The first kappa shape index (κ1) is 18.6. The van der Waals surface area contributed by atoms with E-state index in [1.54, 1.807) is 30.1 Å². The number of pyridine rings is 1. The summed E-state index contributed by atoms with van der Waals surface area (Å²) in [5.74, 6) is -3.06. The number of ether oxygens (including phenoxy) is 1. The molecule has 7 heteroatoms. The fraction of sp³-hybridized carbons (Fsp3) is 0.368. The summed E-state index contributed by atoms with van der Waals surface area (Å²) in [4.78, 5) is 14.8. The quantitative estimate of drug-likeness (QED) is 0.660. The van der Waals surface area contributed by atoms with Crippen molar-refractivity contribution >= 4 is 17.7 Å². The molecular weight excluding hydrogens is 360 g/mol. The molecule has 1 N–H and O–H groups in total. The number of hydrogen-bond acceptors (Lipinski definition) is 4. The fourth-order valence-corrected chi connectivity index (χ4v) is 3.92. The molecule has 0 unspecified atom stereocenters. The first-order valence-electron chi connectivity index (χ1n) is 8.50. The predicted octanol–water partition coefficient (Wildman–Crippen LogP) is 4.92. The molecule has 0 bridgehead atoms. The van der Waals surface area contributed by atoms with Gasteiger partial charge in [-0.2, -0.15) is 0 Å². The van der Waals surface area contributed by atoms with E-state index in [2.05, 4.69) is 4.98 Å². The molecule has 0 aliphatic heterocycles. The zero-order valence-corrected chi connectivity index (χ0v) is 14.9. The van der Waals surface area contributed by atoms with Gasteiger partial charge < -0.3 is 9.84 Å². The Kier molecular flexibility index (Phi) is 6.08. The molecule has 1 aliphatic rings. The molecule has 3 rings (SSSR count). The monoisotopic (exact) mass is 379 g/mol. The van der Waals surface area contributed by atoms with E-state index in [-0.39, 0.29) is 19.4 Å². The van der Waals surface area contributed by atoms with Crippen LogP contribution >= 0.6 is 11.8 Å². The number of aromatic nitrogens is 1. The average molecular weight is 379 g/mol. The number of benzene rings is 1. The van der Waals surface area contributed by atoms with Crippen molar-refractivity contribution in [1.29, 1.82) is 0 Å². The van der Waals surface area contributed by atoms with Crippen molar-refractivity contribution in [2.75, 3.05) is 6.61 Å².